The van der Waals surface area contributed by atoms with Crippen molar-refractivity contribution in [2.45, 2.75) is 68.5 Å². The van der Waals surface area contributed by atoms with Crippen LogP contribution in [0.1, 0.15) is 50.5 Å². The van der Waals surface area contributed by atoms with Crippen LogP contribution in [-0.4, -0.2) is 98.5 Å². The summed E-state index contributed by atoms with van der Waals surface area (Å²) in [5, 5.41) is 0. The van der Waals surface area contributed by atoms with E-state index >= 15 is 0 Å². The number of nitrogens with zero attached hydrogens (tertiary/aromatic N) is 4. The molecule has 5 aliphatic rings. The molecular weight excluding hydrogens is 475 g/mol. The number of benzene rings is 1. The molecule has 1 aromatic rings. The van der Waals surface area contributed by atoms with E-state index in [1.54, 1.807) is 31.1 Å². The molecule has 37 heavy (non-hydrogen) atoms. The molecule has 8 nitrogen and oxygen atoms in total. The minimum atomic E-state index is -0.240. The van der Waals surface area contributed by atoms with Gasteiger partial charge in [0, 0.05) is 56.8 Å². The highest BCUT2D eigenvalue weighted by atomic mass is 19.1. The van der Waals surface area contributed by atoms with Gasteiger partial charge in [0.15, 0.2) is 0 Å². The zero-order chi connectivity index (χ0) is 25.7. The Balaban J connectivity index is 1.13. The second kappa shape index (κ2) is 9.73. The van der Waals surface area contributed by atoms with Crippen LogP contribution in [0.15, 0.2) is 18.2 Å². The Morgan fingerprint density at radius 3 is 2.68 bits per heavy atom. The van der Waals surface area contributed by atoms with Gasteiger partial charge in [-0.1, -0.05) is 0 Å². The van der Waals surface area contributed by atoms with Crippen LogP contribution in [-0.2, 0) is 14.9 Å². The lowest BCUT2D eigenvalue weighted by atomic mass is 9.74. The zero-order valence-corrected chi connectivity index (χ0v) is 22.0. The molecule has 202 valence electrons. The first-order valence-corrected chi connectivity index (χ1v) is 13.9. The van der Waals surface area contributed by atoms with Gasteiger partial charge in [0.25, 0.3) is 0 Å². The molecule has 4 fully saturated rings. The van der Waals surface area contributed by atoms with Crippen LogP contribution in [0.2, 0.25) is 0 Å². The number of carbonyl (C=O) groups excluding carboxylic acids is 2. The molecule has 1 aliphatic carbocycles. The number of rotatable bonds is 2. The van der Waals surface area contributed by atoms with Gasteiger partial charge in [0.1, 0.15) is 11.9 Å². The van der Waals surface area contributed by atoms with Crippen LogP contribution in [0.5, 0.6) is 0 Å². The normalized spacial score (nSPS) is 30.9. The minimum Gasteiger partial charge on any atom is -0.444 e. The maximum Gasteiger partial charge on any atom is 0.410 e. The number of piperidine rings is 2. The van der Waals surface area contributed by atoms with Crippen molar-refractivity contribution in [2.24, 2.45) is 5.92 Å². The SMILES string of the molecule is CN(C)C(=O)N1CC2(CCN(C3CC4CCCN(C(=O)O[C@H]5CCOC5)C4C3)CC2)c2cc(F)ccc21. The molecule has 3 saturated heterocycles. The maximum absolute atomic E-state index is 14.3. The summed E-state index contributed by atoms with van der Waals surface area (Å²) in [6.07, 6.45) is 6.63. The van der Waals surface area contributed by atoms with Crippen molar-refractivity contribution < 1.29 is 23.5 Å². The fourth-order valence-electron chi connectivity index (χ4n) is 7.59. The number of anilines is 1. The molecule has 4 heterocycles. The average molecular weight is 515 g/mol. The quantitative estimate of drug-likeness (QED) is 0.600. The summed E-state index contributed by atoms with van der Waals surface area (Å²) >= 11 is 0. The molecule has 4 atom stereocenters. The van der Waals surface area contributed by atoms with Crippen LogP contribution >= 0.6 is 0 Å². The van der Waals surface area contributed by atoms with Crippen LogP contribution in [0, 0.1) is 11.7 Å². The number of hydrogen-bond donors (Lipinski definition) is 0. The lowest BCUT2D eigenvalue weighted by Crippen LogP contribution is -2.50. The third kappa shape index (κ3) is 4.48. The van der Waals surface area contributed by atoms with E-state index in [0.717, 1.165) is 69.4 Å². The number of halogens is 1. The molecule has 9 heteroatoms. The van der Waals surface area contributed by atoms with E-state index in [0.29, 0.717) is 31.7 Å². The highest BCUT2D eigenvalue weighted by Crippen LogP contribution is 2.49. The van der Waals surface area contributed by atoms with E-state index < -0.39 is 0 Å². The summed E-state index contributed by atoms with van der Waals surface area (Å²) < 4.78 is 25.5. The summed E-state index contributed by atoms with van der Waals surface area (Å²) in [5.74, 6) is 0.284. The Kier molecular flexibility index (Phi) is 6.55. The fourth-order valence-corrected chi connectivity index (χ4v) is 7.59. The highest BCUT2D eigenvalue weighted by molar-refractivity contribution is 5.95. The number of amides is 3. The first-order chi connectivity index (χ1) is 17.8. The molecule has 1 spiro atoms. The Bertz CT molecular complexity index is 1040. The predicted octanol–water partition coefficient (Wildman–Crippen LogP) is 3.83. The van der Waals surface area contributed by atoms with E-state index in [2.05, 4.69) is 4.90 Å². The average Bonchev–Trinajstić information content (AvgIpc) is 3.62. The Morgan fingerprint density at radius 2 is 1.95 bits per heavy atom. The summed E-state index contributed by atoms with van der Waals surface area (Å²) in [4.78, 5) is 33.9. The summed E-state index contributed by atoms with van der Waals surface area (Å²) in [6.45, 7) is 4.41. The van der Waals surface area contributed by atoms with Gasteiger partial charge in [0.05, 0.1) is 13.2 Å². The molecule has 6 rings (SSSR count). The summed E-state index contributed by atoms with van der Waals surface area (Å²) in [5.41, 5.74) is 1.62. The predicted molar refractivity (Wildman–Crippen MR) is 137 cm³/mol. The number of urea groups is 1. The monoisotopic (exact) mass is 514 g/mol. The van der Waals surface area contributed by atoms with Gasteiger partial charge in [0.2, 0.25) is 0 Å². The van der Waals surface area contributed by atoms with Crippen LogP contribution in [0.3, 0.4) is 0 Å². The Labute approximate surface area is 218 Å². The molecule has 0 aromatic heterocycles. The van der Waals surface area contributed by atoms with Gasteiger partial charge in [-0.15, -0.1) is 0 Å². The smallest absolute Gasteiger partial charge is 0.410 e. The fraction of sp³-hybridized carbons (Fsp3) is 0.714. The van der Waals surface area contributed by atoms with Crippen molar-refractivity contribution in [2.75, 3.05) is 58.4 Å². The first-order valence-electron chi connectivity index (χ1n) is 13.9. The molecule has 3 amide bonds. The molecule has 3 unspecified atom stereocenters. The number of carbonyl (C=O) groups is 2. The van der Waals surface area contributed by atoms with E-state index in [4.69, 9.17) is 9.47 Å². The topological polar surface area (TPSA) is 65.6 Å². The molecule has 0 radical (unpaired) electrons. The van der Waals surface area contributed by atoms with E-state index in [1.807, 2.05) is 9.80 Å². The number of ether oxygens (including phenoxy) is 2. The van der Waals surface area contributed by atoms with Gasteiger partial charge >= 0.3 is 12.1 Å². The number of likely N-dealkylation sites (tertiary alicyclic amines) is 2. The van der Waals surface area contributed by atoms with Gasteiger partial charge in [-0.05, 0) is 81.3 Å². The van der Waals surface area contributed by atoms with Crippen molar-refractivity contribution in [3.05, 3.63) is 29.6 Å². The molecular formula is C28H39FN4O4. The van der Waals surface area contributed by atoms with Crippen molar-refractivity contribution in [1.29, 1.82) is 0 Å². The van der Waals surface area contributed by atoms with Gasteiger partial charge in [-0.25, -0.2) is 14.0 Å². The van der Waals surface area contributed by atoms with Crippen molar-refractivity contribution >= 4 is 17.8 Å². The van der Waals surface area contributed by atoms with E-state index in [9.17, 15) is 14.0 Å². The second-order valence-corrected chi connectivity index (χ2v) is 11.9. The Hall–Kier alpha value is -2.39. The number of fused-ring (bicyclic) bond motifs is 3. The summed E-state index contributed by atoms with van der Waals surface area (Å²) in [6, 6.07) is 5.52. The van der Waals surface area contributed by atoms with Crippen LogP contribution < -0.4 is 4.90 Å². The molecule has 1 aromatic carbocycles. The zero-order valence-electron chi connectivity index (χ0n) is 22.0. The number of hydrogen-bond acceptors (Lipinski definition) is 5. The lowest BCUT2D eigenvalue weighted by Gasteiger charge is -2.42. The van der Waals surface area contributed by atoms with Crippen LogP contribution in [0.4, 0.5) is 19.7 Å². The molecule has 4 aliphatic heterocycles. The highest BCUT2D eigenvalue weighted by Gasteiger charge is 2.50. The largest absolute Gasteiger partial charge is 0.444 e. The second-order valence-electron chi connectivity index (χ2n) is 11.9. The van der Waals surface area contributed by atoms with Gasteiger partial charge < -0.3 is 24.2 Å². The Morgan fingerprint density at radius 1 is 1.14 bits per heavy atom. The molecule has 0 bridgehead atoms. The molecule has 0 N–H and O–H groups in total. The van der Waals surface area contributed by atoms with Gasteiger partial charge in [-0.3, -0.25) is 4.90 Å². The molecule has 1 saturated carbocycles. The maximum atomic E-state index is 14.3. The first kappa shape index (κ1) is 24.9. The van der Waals surface area contributed by atoms with Crippen molar-refractivity contribution in [3.8, 4) is 0 Å². The van der Waals surface area contributed by atoms with Crippen molar-refractivity contribution in [1.82, 2.24) is 14.7 Å². The van der Waals surface area contributed by atoms with Crippen LogP contribution in [0.25, 0.3) is 0 Å². The lowest BCUT2D eigenvalue weighted by molar-refractivity contribution is 0.0286. The van der Waals surface area contributed by atoms with E-state index in [1.165, 1.54) is 12.5 Å². The third-order valence-corrected chi connectivity index (χ3v) is 9.56. The van der Waals surface area contributed by atoms with Gasteiger partial charge in [-0.2, -0.15) is 0 Å². The minimum absolute atomic E-state index is 0.0526. The summed E-state index contributed by atoms with van der Waals surface area (Å²) in [7, 11) is 3.53. The standard InChI is InChI=1S/C28H39FN4O4/c1-30(2)26(34)33-18-28(23-15-20(29)5-6-24(23)33)8-11-31(12-9-28)21-14-19-4-3-10-32(25(19)16-21)27(35)37-22-7-13-36-17-22/h5-6,15,19,21-22,25H,3-4,7-14,16-18H2,1-2H3/t19?,21?,22-,25?/m0/s1. The third-order valence-electron chi connectivity index (χ3n) is 9.56. The van der Waals surface area contributed by atoms with Crippen molar-refractivity contribution in [3.63, 3.8) is 0 Å². The van der Waals surface area contributed by atoms with E-state index in [-0.39, 0.29) is 35.5 Å².